The lowest BCUT2D eigenvalue weighted by atomic mass is 10.0. The van der Waals surface area contributed by atoms with E-state index < -0.39 is 0 Å². The second-order valence-electron chi connectivity index (χ2n) is 2.56. The van der Waals surface area contributed by atoms with Crippen molar-refractivity contribution in [1.29, 1.82) is 5.41 Å². The Morgan fingerprint density at radius 1 is 1.58 bits per heavy atom. The molecule has 4 N–H and O–H groups in total. The van der Waals surface area contributed by atoms with Gasteiger partial charge >= 0.3 is 0 Å². The summed E-state index contributed by atoms with van der Waals surface area (Å²) in [6.45, 7) is 0.492. The van der Waals surface area contributed by atoms with Crippen molar-refractivity contribution in [3.63, 3.8) is 0 Å². The predicted molar refractivity (Wildman–Crippen MR) is 51.1 cm³/mol. The third kappa shape index (κ3) is 1.83. The van der Waals surface area contributed by atoms with Crippen LogP contribution in [0.2, 0.25) is 0 Å². The van der Waals surface area contributed by atoms with Crippen molar-refractivity contribution in [2.75, 3.05) is 13.6 Å². The highest BCUT2D eigenvalue weighted by atomic mass is 14.8. The largest absolute Gasteiger partial charge is 0.393 e. The van der Waals surface area contributed by atoms with E-state index in [4.69, 9.17) is 11.1 Å². The van der Waals surface area contributed by atoms with Crippen LogP contribution in [-0.4, -0.2) is 19.3 Å². The van der Waals surface area contributed by atoms with Gasteiger partial charge in [-0.05, 0) is 11.6 Å². The van der Waals surface area contributed by atoms with Gasteiger partial charge in [0, 0.05) is 25.4 Å². The van der Waals surface area contributed by atoms with Gasteiger partial charge in [0.2, 0.25) is 0 Å². The van der Waals surface area contributed by atoms with Gasteiger partial charge in [0.25, 0.3) is 0 Å². The van der Waals surface area contributed by atoms with Crippen molar-refractivity contribution in [2.24, 2.45) is 5.73 Å². The number of nitrogens with one attached hydrogen (secondary N) is 2. The average molecular weight is 163 g/mol. The fraction of sp³-hybridized carbons (Fsp3) is 0.222. The van der Waals surface area contributed by atoms with Gasteiger partial charge < -0.3 is 16.5 Å². The topological polar surface area (TPSA) is 61.9 Å². The second-order valence-corrected chi connectivity index (χ2v) is 2.56. The van der Waals surface area contributed by atoms with E-state index in [9.17, 15) is 0 Å². The molecule has 12 heavy (non-hydrogen) atoms. The van der Waals surface area contributed by atoms with E-state index in [1.807, 2.05) is 19.2 Å². The second kappa shape index (κ2) is 3.88. The molecule has 0 unspecified atom stereocenters. The van der Waals surface area contributed by atoms with Crippen molar-refractivity contribution in [2.45, 2.75) is 0 Å². The van der Waals surface area contributed by atoms with Crippen LogP contribution in [0.1, 0.15) is 0 Å². The minimum absolute atomic E-state index is 0.492. The summed E-state index contributed by atoms with van der Waals surface area (Å²) < 4.78 is 0. The molecule has 1 aliphatic carbocycles. The zero-order valence-corrected chi connectivity index (χ0v) is 7.09. The van der Waals surface area contributed by atoms with Crippen LogP contribution in [0.25, 0.3) is 0 Å². The highest BCUT2D eigenvalue weighted by Crippen LogP contribution is 2.10. The molecule has 0 heterocycles. The van der Waals surface area contributed by atoms with Crippen LogP contribution in [0.4, 0.5) is 0 Å². The van der Waals surface area contributed by atoms with E-state index in [0.29, 0.717) is 12.3 Å². The van der Waals surface area contributed by atoms with E-state index in [1.54, 1.807) is 12.3 Å². The summed E-state index contributed by atoms with van der Waals surface area (Å²) in [4.78, 5) is 0. The maximum atomic E-state index is 7.59. The molecule has 0 fully saturated rings. The Labute approximate surface area is 72.2 Å². The van der Waals surface area contributed by atoms with Gasteiger partial charge in [-0.15, -0.1) is 0 Å². The van der Waals surface area contributed by atoms with Crippen molar-refractivity contribution in [1.82, 2.24) is 5.32 Å². The Kier molecular flexibility index (Phi) is 2.82. The molecule has 0 aromatic heterocycles. The van der Waals surface area contributed by atoms with Crippen molar-refractivity contribution in [3.05, 3.63) is 35.6 Å². The van der Waals surface area contributed by atoms with Crippen molar-refractivity contribution >= 4 is 5.71 Å². The predicted octanol–water partition coefficient (Wildman–Crippen LogP) is 0.564. The number of rotatable bonds is 2. The third-order valence-electron chi connectivity index (χ3n) is 1.65. The lowest BCUT2D eigenvalue weighted by Crippen LogP contribution is -2.10. The first-order valence-corrected chi connectivity index (χ1v) is 3.83. The van der Waals surface area contributed by atoms with E-state index in [-0.39, 0.29) is 0 Å². The zero-order chi connectivity index (χ0) is 8.97. The summed E-state index contributed by atoms with van der Waals surface area (Å²) in [5.41, 5.74) is 7.82. The quantitative estimate of drug-likeness (QED) is 0.557. The fourth-order valence-corrected chi connectivity index (χ4v) is 1.01. The smallest absolute Gasteiger partial charge is 0.0629 e. The molecule has 0 aliphatic heterocycles. The Bertz CT molecular complexity index is 271. The maximum Gasteiger partial charge on any atom is 0.0629 e. The van der Waals surface area contributed by atoms with Gasteiger partial charge in [0.15, 0.2) is 0 Å². The Balaban J connectivity index is 2.82. The SMILES string of the molecule is CN/C=C1/C=CC(CN)=CC1=N. The summed E-state index contributed by atoms with van der Waals surface area (Å²) in [6.07, 6.45) is 7.40. The molecular formula is C9H13N3. The molecule has 0 bridgehead atoms. The zero-order valence-electron chi connectivity index (χ0n) is 7.09. The molecule has 0 saturated carbocycles. The monoisotopic (exact) mass is 163 g/mol. The molecule has 0 aromatic rings. The molecule has 3 heteroatoms. The Morgan fingerprint density at radius 3 is 2.83 bits per heavy atom. The van der Waals surface area contributed by atoms with E-state index in [1.165, 1.54) is 0 Å². The Morgan fingerprint density at radius 2 is 2.33 bits per heavy atom. The van der Waals surface area contributed by atoms with Crippen molar-refractivity contribution in [3.8, 4) is 0 Å². The van der Waals surface area contributed by atoms with Crippen molar-refractivity contribution < 1.29 is 0 Å². The van der Waals surface area contributed by atoms with E-state index in [0.717, 1.165) is 11.1 Å². The van der Waals surface area contributed by atoms with Gasteiger partial charge in [-0.3, -0.25) is 0 Å². The molecule has 0 atom stereocenters. The van der Waals surface area contributed by atoms with Crippen LogP contribution in [0.15, 0.2) is 35.6 Å². The standard InChI is InChI=1S/C9H13N3/c1-12-6-8-3-2-7(5-10)4-9(8)11/h2-4,6,11-12H,5,10H2,1H3/b8-6-,11-9?. The fourth-order valence-electron chi connectivity index (χ4n) is 1.01. The minimum Gasteiger partial charge on any atom is -0.393 e. The van der Waals surface area contributed by atoms with E-state index in [2.05, 4.69) is 5.32 Å². The molecule has 3 nitrogen and oxygen atoms in total. The van der Waals surface area contributed by atoms with Gasteiger partial charge in [0.1, 0.15) is 0 Å². The van der Waals surface area contributed by atoms with Crippen LogP contribution in [0.3, 0.4) is 0 Å². The van der Waals surface area contributed by atoms with Crippen LogP contribution in [0.5, 0.6) is 0 Å². The normalized spacial score (nSPS) is 19.7. The number of allylic oxidation sites excluding steroid dienone is 3. The first-order chi connectivity index (χ1) is 5.77. The molecule has 64 valence electrons. The van der Waals surface area contributed by atoms with Crippen LogP contribution in [-0.2, 0) is 0 Å². The summed E-state index contributed by atoms with van der Waals surface area (Å²) in [7, 11) is 1.82. The summed E-state index contributed by atoms with van der Waals surface area (Å²) in [5, 5.41) is 10.5. The molecule has 1 aliphatic rings. The summed E-state index contributed by atoms with van der Waals surface area (Å²) >= 11 is 0. The van der Waals surface area contributed by atoms with Gasteiger partial charge in [-0.25, -0.2) is 0 Å². The van der Waals surface area contributed by atoms with Gasteiger partial charge in [-0.2, -0.15) is 0 Å². The molecule has 0 aromatic carbocycles. The maximum absolute atomic E-state index is 7.59. The summed E-state index contributed by atoms with van der Waals surface area (Å²) in [5.74, 6) is 0. The van der Waals surface area contributed by atoms with E-state index >= 15 is 0 Å². The van der Waals surface area contributed by atoms with Crippen LogP contribution in [0, 0.1) is 5.41 Å². The first kappa shape index (κ1) is 8.74. The molecular weight excluding hydrogens is 150 g/mol. The number of nitrogens with two attached hydrogens (primary N) is 1. The van der Waals surface area contributed by atoms with Gasteiger partial charge in [0.05, 0.1) is 5.71 Å². The molecule has 0 radical (unpaired) electrons. The highest BCUT2D eigenvalue weighted by molar-refractivity contribution is 6.10. The molecule has 0 saturated heterocycles. The van der Waals surface area contributed by atoms with Crippen LogP contribution >= 0.6 is 0 Å². The molecule has 1 rings (SSSR count). The molecule has 0 amide bonds. The highest BCUT2D eigenvalue weighted by Gasteiger charge is 2.04. The Hall–Kier alpha value is -1.35. The molecule has 0 spiro atoms. The third-order valence-corrected chi connectivity index (χ3v) is 1.65. The average Bonchev–Trinajstić information content (AvgIpc) is 2.09. The lowest BCUT2D eigenvalue weighted by molar-refractivity contribution is 1.09. The minimum atomic E-state index is 0.492. The lowest BCUT2D eigenvalue weighted by Gasteiger charge is -2.08. The number of hydrogen-bond donors (Lipinski definition) is 3. The van der Waals surface area contributed by atoms with Gasteiger partial charge in [-0.1, -0.05) is 12.2 Å². The van der Waals surface area contributed by atoms with Crippen LogP contribution < -0.4 is 11.1 Å². The summed E-state index contributed by atoms with van der Waals surface area (Å²) in [6, 6.07) is 0. The number of hydrogen-bond acceptors (Lipinski definition) is 3. The first-order valence-electron chi connectivity index (χ1n) is 3.83.